The van der Waals surface area contributed by atoms with Gasteiger partial charge >= 0.3 is 0 Å². The van der Waals surface area contributed by atoms with Crippen molar-refractivity contribution in [2.45, 2.75) is 51.4 Å². The van der Waals surface area contributed by atoms with Crippen LogP contribution in [0.5, 0.6) is 11.5 Å². The molecule has 0 unspecified atom stereocenters. The molecule has 0 aromatic heterocycles. The maximum atomic E-state index is 13.1. The average Bonchev–Trinajstić information content (AvgIpc) is 2.78. The number of benzene rings is 2. The molecule has 6 rings (SSSR count). The molecule has 2 aromatic rings. The van der Waals surface area contributed by atoms with Crippen LogP contribution in [-0.2, 0) is 9.59 Å². The van der Waals surface area contributed by atoms with Crippen molar-refractivity contribution in [2.75, 3.05) is 24.9 Å². The summed E-state index contributed by atoms with van der Waals surface area (Å²) in [5.74, 6) is 2.65. The number of para-hydroxylation sites is 4. The van der Waals surface area contributed by atoms with Gasteiger partial charge in [0, 0.05) is 12.8 Å². The van der Waals surface area contributed by atoms with Gasteiger partial charge in [-0.25, -0.2) is 0 Å². The minimum absolute atomic E-state index is 0.0130. The van der Waals surface area contributed by atoms with Gasteiger partial charge in [0.25, 0.3) is 0 Å². The zero-order valence-corrected chi connectivity index (χ0v) is 20.1. The molecule has 6 nitrogen and oxygen atoms in total. The van der Waals surface area contributed by atoms with Crippen molar-refractivity contribution >= 4 is 23.2 Å². The second-order valence-electron chi connectivity index (χ2n) is 10.8. The number of hydrogen-bond acceptors (Lipinski definition) is 4. The first-order chi connectivity index (χ1) is 16.4. The van der Waals surface area contributed by atoms with Crippen LogP contribution in [0.1, 0.15) is 51.4 Å². The lowest BCUT2D eigenvalue weighted by molar-refractivity contribution is -0.142. The Hall–Kier alpha value is -3.02. The van der Waals surface area contributed by atoms with E-state index < -0.39 is 0 Å². The largest absolute Gasteiger partial charge is 0.495 e. The van der Waals surface area contributed by atoms with E-state index in [1.807, 2.05) is 48.5 Å². The Morgan fingerprint density at radius 3 is 1.59 bits per heavy atom. The van der Waals surface area contributed by atoms with E-state index in [0.717, 1.165) is 32.1 Å². The molecule has 0 atom stereocenters. The molecular weight excluding hydrogens is 428 g/mol. The van der Waals surface area contributed by atoms with Crippen LogP contribution in [0.2, 0.25) is 0 Å². The summed E-state index contributed by atoms with van der Waals surface area (Å²) >= 11 is 0. The molecule has 0 radical (unpaired) electrons. The normalized spacial score (nSPS) is 28.9. The van der Waals surface area contributed by atoms with Crippen molar-refractivity contribution in [2.24, 2.45) is 22.7 Å². The minimum atomic E-state index is -0.0130. The number of carbonyl (C=O) groups excluding carboxylic acids is 2. The fourth-order valence-electron chi connectivity index (χ4n) is 7.63. The molecular formula is C28H34N2O4. The van der Waals surface area contributed by atoms with Gasteiger partial charge in [-0.3, -0.25) is 9.59 Å². The van der Waals surface area contributed by atoms with Crippen molar-refractivity contribution in [3.63, 3.8) is 0 Å². The highest BCUT2D eigenvalue weighted by Gasteiger charge is 2.58. The topological polar surface area (TPSA) is 76.7 Å². The first-order valence-corrected chi connectivity index (χ1v) is 12.3. The summed E-state index contributed by atoms with van der Waals surface area (Å²) in [6.07, 6.45) is 7.59. The highest BCUT2D eigenvalue weighted by Crippen LogP contribution is 2.67. The predicted molar refractivity (Wildman–Crippen MR) is 132 cm³/mol. The van der Waals surface area contributed by atoms with Gasteiger partial charge in [0.1, 0.15) is 11.5 Å². The first kappa shape index (κ1) is 22.8. The third-order valence-corrected chi connectivity index (χ3v) is 8.14. The second-order valence-corrected chi connectivity index (χ2v) is 10.8. The Kier molecular flexibility index (Phi) is 6.00. The lowest BCUT2D eigenvalue weighted by atomic mass is 9.43. The maximum Gasteiger partial charge on any atom is 0.225 e. The monoisotopic (exact) mass is 462 g/mol. The first-order valence-electron chi connectivity index (χ1n) is 12.3. The van der Waals surface area contributed by atoms with Crippen molar-refractivity contribution in [1.82, 2.24) is 0 Å². The van der Waals surface area contributed by atoms with Crippen molar-refractivity contribution in [1.29, 1.82) is 0 Å². The zero-order chi connectivity index (χ0) is 23.8. The summed E-state index contributed by atoms with van der Waals surface area (Å²) in [5.41, 5.74) is 1.40. The Bertz CT molecular complexity index is 986. The molecule has 2 aromatic carbocycles. The van der Waals surface area contributed by atoms with Crippen LogP contribution in [0.3, 0.4) is 0 Å². The third-order valence-electron chi connectivity index (χ3n) is 8.14. The van der Waals surface area contributed by atoms with E-state index in [4.69, 9.17) is 9.47 Å². The molecule has 34 heavy (non-hydrogen) atoms. The summed E-state index contributed by atoms with van der Waals surface area (Å²) < 4.78 is 10.8. The van der Waals surface area contributed by atoms with E-state index in [-0.39, 0.29) is 22.6 Å². The molecule has 0 saturated heterocycles. The molecule has 2 N–H and O–H groups in total. The average molecular weight is 463 g/mol. The van der Waals surface area contributed by atoms with Gasteiger partial charge in [-0.2, -0.15) is 0 Å². The van der Waals surface area contributed by atoms with Gasteiger partial charge in [0.05, 0.1) is 25.6 Å². The quantitative estimate of drug-likeness (QED) is 0.532. The molecule has 0 heterocycles. The summed E-state index contributed by atoms with van der Waals surface area (Å²) in [6.45, 7) is 0. The third kappa shape index (κ3) is 4.50. The predicted octanol–water partition coefficient (Wildman–Crippen LogP) is 5.65. The van der Waals surface area contributed by atoms with Gasteiger partial charge in [0.15, 0.2) is 0 Å². The number of rotatable bonds is 8. The molecule has 4 saturated carbocycles. The van der Waals surface area contributed by atoms with Crippen LogP contribution in [0, 0.1) is 22.7 Å². The number of anilines is 2. The molecule has 4 fully saturated rings. The zero-order valence-electron chi connectivity index (χ0n) is 20.1. The molecule has 4 aliphatic carbocycles. The fraction of sp³-hybridized carbons (Fsp3) is 0.500. The number of nitrogens with one attached hydrogen (secondary N) is 2. The molecule has 6 heteroatoms. The maximum absolute atomic E-state index is 13.1. The van der Waals surface area contributed by atoms with Gasteiger partial charge in [0.2, 0.25) is 11.8 Å². The lowest BCUT2D eigenvalue weighted by Gasteiger charge is -2.62. The van der Waals surface area contributed by atoms with Gasteiger partial charge in [-0.15, -0.1) is 0 Å². The highest BCUT2D eigenvalue weighted by molar-refractivity contribution is 5.93. The number of carbonyl (C=O) groups is 2. The number of ether oxygens (including phenoxy) is 2. The van der Waals surface area contributed by atoms with Gasteiger partial charge in [-0.1, -0.05) is 24.3 Å². The molecule has 4 bridgehead atoms. The van der Waals surface area contributed by atoms with Crippen LogP contribution in [0.4, 0.5) is 11.4 Å². The van der Waals surface area contributed by atoms with E-state index >= 15 is 0 Å². The van der Waals surface area contributed by atoms with Crippen LogP contribution in [0.15, 0.2) is 48.5 Å². The Morgan fingerprint density at radius 2 is 1.18 bits per heavy atom. The van der Waals surface area contributed by atoms with Crippen LogP contribution in [-0.4, -0.2) is 26.0 Å². The van der Waals surface area contributed by atoms with Crippen molar-refractivity contribution in [3.8, 4) is 11.5 Å². The van der Waals surface area contributed by atoms with Gasteiger partial charge < -0.3 is 20.1 Å². The smallest absolute Gasteiger partial charge is 0.225 e. The number of methoxy groups -OCH3 is 2. The van der Waals surface area contributed by atoms with E-state index in [0.29, 0.717) is 47.6 Å². The SMILES string of the molecule is COc1ccccc1NC(=O)CC12CC3CC(C1)CC(CC(=O)Nc1ccccc1OC)(C3)C2. The molecule has 2 amide bonds. The van der Waals surface area contributed by atoms with Crippen molar-refractivity contribution in [3.05, 3.63) is 48.5 Å². The Labute approximate surface area is 201 Å². The molecule has 0 aliphatic heterocycles. The van der Waals surface area contributed by atoms with Crippen molar-refractivity contribution < 1.29 is 19.1 Å². The summed E-state index contributed by atoms with van der Waals surface area (Å²) in [4.78, 5) is 26.3. The number of hydrogen-bond donors (Lipinski definition) is 2. The highest BCUT2D eigenvalue weighted by atomic mass is 16.5. The standard InChI is InChI=1S/C28H34N2O4/c1-33-23-9-5-3-7-21(23)29-25(31)16-27-12-19-11-20(13-27)15-28(14-19,18-27)17-26(32)30-22-8-4-6-10-24(22)34-2/h3-10,19-20H,11-18H2,1-2H3,(H,29,31)(H,30,32). The molecule has 4 aliphatic rings. The second kappa shape index (κ2) is 8.97. The van der Waals surface area contributed by atoms with Crippen LogP contribution < -0.4 is 20.1 Å². The number of amides is 2. The lowest BCUT2D eigenvalue weighted by Crippen LogP contribution is -2.53. The summed E-state index contributed by atoms with van der Waals surface area (Å²) in [5, 5.41) is 6.16. The molecule has 0 spiro atoms. The van der Waals surface area contributed by atoms with E-state index in [1.165, 1.54) is 6.42 Å². The summed E-state index contributed by atoms with van der Waals surface area (Å²) in [7, 11) is 3.23. The fourth-order valence-corrected chi connectivity index (χ4v) is 7.63. The minimum Gasteiger partial charge on any atom is -0.495 e. The van der Waals surface area contributed by atoms with E-state index in [9.17, 15) is 9.59 Å². The van der Waals surface area contributed by atoms with E-state index in [2.05, 4.69) is 10.6 Å². The van der Waals surface area contributed by atoms with Crippen LogP contribution in [0.25, 0.3) is 0 Å². The van der Waals surface area contributed by atoms with Crippen LogP contribution >= 0.6 is 0 Å². The van der Waals surface area contributed by atoms with E-state index in [1.54, 1.807) is 14.2 Å². The molecule has 180 valence electrons. The summed E-state index contributed by atoms with van der Waals surface area (Å²) in [6, 6.07) is 15.1. The van der Waals surface area contributed by atoms with Gasteiger partial charge in [-0.05, 0) is 85.5 Å². The Balaban J connectivity index is 1.29. The Morgan fingerprint density at radius 1 is 0.765 bits per heavy atom.